The molecule has 3 rings (SSSR count). The molecule has 1 amide bonds. The molecule has 2 aromatic carbocycles. The molecular formula is C22H26ClN3O2. The molecule has 1 aliphatic rings. The minimum Gasteiger partial charge on any atom is -0.484 e. The van der Waals surface area contributed by atoms with Crippen LogP contribution >= 0.6 is 11.6 Å². The topological polar surface area (TPSA) is 53.9 Å². The Hall–Kier alpha value is -2.53. The molecule has 1 atom stereocenters. The molecule has 1 unspecified atom stereocenters. The van der Waals surface area contributed by atoms with Gasteiger partial charge in [0.1, 0.15) is 5.75 Å². The van der Waals surface area contributed by atoms with Crippen LogP contribution in [0.4, 0.5) is 5.69 Å². The van der Waals surface area contributed by atoms with Crippen LogP contribution in [0.5, 0.6) is 5.75 Å². The summed E-state index contributed by atoms with van der Waals surface area (Å²) in [5.41, 5.74) is 6.15. The summed E-state index contributed by atoms with van der Waals surface area (Å²) in [7, 11) is 2.14. The van der Waals surface area contributed by atoms with E-state index in [-0.39, 0.29) is 18.1 Å². The Morgan fingerprint density at radius 1 is 1.32 bits per heavy atom. The second kappa shape index (κ2) is 8.23. The van der Waals surface area contributed by atoms with Crippen LogP contribution in [0.15, 0.2) is 47.6 Å². The van der Waals surface area contributed by atoms with Gasteiger partial charge in [0.25, 0.3) is 5.91 Å². The second-order valence-corrected chi connectivity index (χ2v) is 8.27. The lowest BCUT2D eigenvalue weighted by Crippen LogP contribution is -2.45. The number of hydrogen-bond donors (Lipinski definition) is 1. The fourth-order valence-electron chi connectivity index (χ4n) is 3.57. The molecule has 28 heavy (non-hydrogen) atoms. The third-order valence-corrected chi connectivity index (χ3v) is 5.50. The lowest BCUT2D eigenvalue weighted by molar-refractivity contribution is -0.123. The van der Waals surface area contributed by atoms with Crippen LogP contribution in [0.3, 0.4) is 0 Å². The maximum atomic E-state index is 11.9. The van der Waals surface area contributed by atoms with Crippen molar-refractivity contribution < 1.29 is 9.53 Å². The number of hydrogen-bond acceptors (Lipinski definition) is 4. The van der Waals surface area contributed by atoms with E-state index in [2.05, 4.69) is 55.4 Å². The fourth-order valence-corrected chi connectivity index (χ4v) is 3.69. The number of carbonyl (C=O) groups is 1. The SMILES string of the molecule is CC1CC(C)(C)N(C)c2ccc(/C=N/NC(=O)COc3ccc(Cl)cc3)cc21. The molecule has 2 aromatic rings. The minimum absolute atomic E-state index is 0.111. The molecule has 0 fully saturated rings. The zero-order valence-electron chi connectivity index (χ0n) is 16.7. The van der Waals surface area contributed by atoms with Gasteiger partial charge in [-0.25, -0.2) is 5.43 Å². The van der Waals surface area contributed by atoms with Crippen LogP contribution in [0.1, 0.15) is 44.2 Å². The van der Waals surface area contributed by atoms with Crippen molar-refractivity contribution in [2.24, 2.45) is 5.10 Å². The highest BCUT2D eigenvalue weighted by molar-refractivity contribution is 6.30. The van der Waals surface area contributed by atoms with E-state index in [9.17, 15) is 4.79 Å². The number of nitrogens with one attached hydrogen (secondary N) is 1. The van der Waals surface area contributed by atoms with Gasteiger partial charge >= 0.3 is 0 Å². The predicted molar refractivity (Wildman–Crippen MR) is 115 cm³/mol. The Morgan fingerprint density at radius 2 is 2.04 bits per heavy atom. The number of halogens is 1. The number of hydrazone groups is 1. The van der Waals surface area contributed by atoms with E-state index >= 15 is 0 Å². The number of ether oxygens (including phenoxy) is 1. The largest absolute Gasteiger partial charge is 0.484 e. The Kier molecular flexibility index (Phi) is 5.94. The van der Waals surface area contributed by atoms with Crippen molar-refractivity contribution in [1.29, 1.82) is 0 Å². The lowest BCUT2D eigenvalue weighted by Gasteiger charge is -2.45. The summed E-state index contributed by atoms with van der Waals surface area (Å²) in [6, 6.07) is 13.1. The molecule has 1 heterocycles. The van der Waals surface area contributed by atoms with Crippen LogP contribution in [-0.4, -0.2) is 31.3 Å². The van der Waals surface area contributed by atoms with E-state index in [0.29, 0.717) is 16.7 Å². The van der Waals surface area contributed by atoms with Crippen LogP contribution in [0, 0.1) is 0 Å². The zero-order valence-corrected chi connectivity index (χ0v) is 17.5. The molecule has 148 valence electrons. The van der Waals surface area contributed by atoms with Crippen molar-refractivity contribution >= 4 is 29.4 Å². The maximum absolute atomic E-state index is 11.9. The van der Waals surface area contributed by atoms with Crippen molar-refractivity contribution in [3.8, 4) is 5.75 Å². The molecule has 0 radical (unpaired) electrons. The van der Waals surface area contributed by atoms with Gasteiger partial charge in [-0.1, -0.05) is 24.6 Å². The second-order valence-electron chi connectivity index (χ2n) is 7.83. The number of nitrogens with zero attached hydrogens (tertiary/aromatic N) is 2. The smallest absolute Gasteiger partial charge is 0.277 e. The summed E-state index contributed by atoms with van der Waals surface area (Å²) in [6.07, 6.45) is 2.75. The first-order valence-corrected chi connectivity index (χ1v) is 9.72. The maximum Gasteiger partial charge on any atom is 0.277 e. The van der Waals surface area contributed by atoms with Gasteiger partial charge < -0.3 is 9.64 Å². The number of fused-ring (bicyclic) bond motifs is 1. The van der Waals surface area contributed by atoms with E-state index in [0.717, 1.165) is 12.0 Å². The van der Waals surface area contributed by atoms with Crippen LogP contribution < -0.4 is 15.1 Å². The van der Waals surface area contributed by atoms with Crippen molar-refractivity contribution in [3.05, 3.63) is 58.6 Å². The highest BCUT2D eigenvalue weighted by Gasteiger charge is 2.33. The summed E-state index contributed by atoms with van der Waals surface area (Å²) in [5, 5.41) is 4.67. The normalized spacial score (nSPS) is 18.0. The molecular weight excluding hydrogens is 374 g/mol. The van der Waals surface area contributed by atoms with Crippen LogP contribution in [0.25, 0.3) is 0 Å². The van der Waals surface area contributed by atoms with Crippen LogP contribution in [0.2, 0.25) is 5.02 Å². The highest BCUT2D eigenvalue weighted by Crippen LogP contribution is 2.42. The van der Waals surface area contributed by atoms with Gasteiger partial charge in [-0.05, 0) is 73.7 Å². The Labute approximate surface area is 171 Å². The van der Waals surface area contributed by atoms with Crippen molar-refractivity contribution in [2.75, 3.05) is 18.6 Å². The minimum atomic E-state index is -0.320. The summed E-state index contributed by atoms with van der Waals surface area (Å²) >= 11 is 5.82. The number of anilines is 1. The quantitative estimate of drug-likeness (QED) is 0.590. The van der Waals surface area contributed by atoms with E-state index in [1.54, 1.807) is 30.5 Å². The van der Waals surface area contributed by atoms with Gasteiger partial charge in [0.2, 0.25) is 0 Å². The fraction of sp³-hybridized carbons (Fsp3) is 0.364. The monoisotopic (exact) mass is 399 g/mol. The van der Waals surface area contributed by atoms with Crippen molar-refractivity contribution in [1.82, 2.24) is 5.43 Å². The van der Waals surface area contributed by atoms with Gasteiger partial charge in [-0.2, -0.15) is 5.10 Å². The number of amides is 1. The molecule has 5 nitrogen and oxygen atoms in total. The summed E-state index contributed by atoms with van der Waals surface area (Å²) < 4.78 is 5.40. The van der Waals surface area contributed by atoms with Crippen molar-refractivity contribution in [3.63, 3.8) is 0 Å². The number of rotatable bonds is 5. The van der Waals surface area contributed by atoms with Gasteiger partial charge in [-0.3, -0.25) is 4.79 Å². The van der Waals surface area contributed by atoms with E-state index in [1.165, 1.54) is 11.3 Å². The van der Waals surface area contributed by atoms with Gasteiger partial charge in [0.05, 0.1) is 6.21 Å². The Balaban J connectivity index is 1.58. The Bertz CT molecular complexity index is 878. The zero-order chi connectivity index (χ0) is 20.3. The molecule has 0 aliphatic carbocycles. The average Bonchev–Trinajstić information content (AvgIpc) is 2.65. The number of benzene rings is 2. The molecule has 0 bridgehead atoms. The third kappa shape index (κ3) is 4.65. The summed E-state index contributed by atoms with van der Waals surface area (Å²) in [4.78, 5) is 14.2. The molecule has 1 aliphatic heterocycles. The predicted octanol–water partition coefficient (Wildman–Crippen LogP) is 4.59. The standard InChI is InChI=1S/C22H26ClN3O2/c1-15-12-22(2,3)26(4)20-10-5-16(11-19(15)20)13-24-25-21(27)14-28-18-8-6-17(23)7-9-18/h5-11,13,15H,12,14H2,1-4H3,(H,25,27)/b24-13+. The van der Waals surface area contributed by atoms with E-state index in [1.807, 2.05) is 6.07 Å². The van der Waals surface area contributed by atoms with Crippen molar-refractivity contribution in [2.45, 2.75) is 38.6 Å². The first kappa shape index (κ1) is 20.2. The summed E-state index contributed by atoms with van der Waals surface area (Å²) in [5.74, 6) is 0.732. The Morgan fingerprint density at radius 3 is 2.75 bits per heavy atom. The molecule has 0 spiro atoms. The average molecular weight is 400 g/mol. The molecule has 0 saturated carbocycles. The van der Waals surface area contributed by atoms with Gasteiger partial charge in [0.15, 0.2) is 6.61 Å². The molecule has 0 saturated heterocycles. The first-order chi connectivity index (χ1) is 13.3. The lowest BCUT2D eigenvalue weighted by atomic mass is 9.80. The summed E-state index contributed by atoms with van der Waals surface area (Å²) in [6.45, 7) is 6.68. The third-order valence-electron chi connectivity index (χ3n) is 5.24. The van der Waals surface area contributed by atoms with Crippen LogP contribution in [-0.2, 0) is 4.79 Å². The van der Waals surface area contributed by atoms with E-state index in [4.69, 9.17) is 16.3 Å². The molecule has 1 N–H and O–H groups in total. The highest BCUT2D eigenvalue weighted by atomic mass is 35.5. The first-order valence-electron chi connectivity index (χ1n) is 9.34. The molecule has 6 heteroatoms. The van der Waals surface area contributed by atoms with E-state index < -0.39 is 0 Å². The molecule has 0 aromatic heterocycles. The number of carbonyl (C=O) groups excluding carboxylic acids is 1. The van der Waals surface area contributed by atoms with Gasteiger partial charge in [0, 0.05) is 23.3 Å². The van der Waals surface area contributed by atoms with Gasteiger partial charge in [-0.15, -0.1) is 0 Å².